The molecular weight excluding hydrogens is 324 g/mol. The molecule has 132 valence electrons. The number of hydrogen-bond acceptors (Lipinski definition) is 3. The summed E-state index contributed by atoms with van der Waals surface area (Å²) in [6, 6.07) is 25.3. The van der Waals surface area contributed by atoms with E-state index in [4.69, 9.17) is 9.47 Å². The van der Waals surface area contributed by atoms with E-state index in [1.165, 1.54) is 0 Å². The van der Waals surface area contributed by atoms with Crippen LogP contribution in [-0.4, -0.2) is 19.3 Å². The van der Waals surface area contributed by atoms with E-state index in [9.17, 15) is 5.11 Å². The minimum Gasteiger partial charge on any atom is -0.497 e. The molecule has 0 heterocycles. The van der Waals surface area contributed by atoms with Crippen LogP contribution in [0.2, 0.25) is 0 Å². The highest BCUT2D eigenvalue weighted by molar-refractivity contribution is 5.80. The third kappa shape index (κ3) is 4.13. The first-order chi connectivity index (χ1) is 12.7. The molecule has 3 aromatic carbocycles. The van der Waals surface area contributed by atoms with Gasteiger partial charge in [-0.1, -0.05) is 54.6 Å². The molecule has 0 fully saturated rings. The summed E-state index contributed by atoms with van der Waals surface area (Å²) in [5.41, 5.74) is 3.82. The number of aliphatic hydroxyl groups is 1. The van der Waals surface area contributed by atoms with Crippen molar-refractivity contribution in [2.45, 2.75) is 6.10 Å². The quantitative estimate of drug-likeness (QED) is 0.692. The van der Waals surface area contributed by atoms with Crippen molar-refractivity contribution < 1.29 is 14.6 Å². The van der Waals surface area contributed by atoms with Crippen molar-refractivity contribution in [3.8, 4) is 11.5 Å². The van der Waals surface area contributed by atoms with Crippen LogP contribution in [0.5, 0.6) is 11.5 Å². The van der Waals surface area contributed by atoms with Gasteiger partial charge in [-0.3, -0.25) is 0 Å². The second-order valence-corrected chi connectivity index (χ2v) is 5.89. The zero-order chi connectivity index (χ0) is 18.4. The fourth-order valence-corrected chi connectivity index (χ4v) is 2.80. The monoisotopic (exact) mass is 346 g/mol. The maximum absolute atomic E-state index is 10.7. The molecule has 3 rings (SSSR count). The first kappa shape index (κ1) is 17.8. The van der Waals surface area contributed by atoms with Gasteiger partial charge < -0.3 is 14.6 Å². The Labute approximate surface area is 154 Å². The minimum atomic E-state index is -0.699. The van der Waals surface area contributed by atoms with Crippen LogP contribution in [0.1, 0.15) is 22.8 Å². The standard InChI is InChI=1S/C23H22O3/c1-25-20-12-8-17(9-13-20)22(18-10-14-21(26-2)15-11-18)16-23(24)19-6-4-3-5-7-19/h3-16,23-24H,1-2H3. The SMILES string of the molecule is COc1ccc(C(=CC(O)c2ccccc2)c2ccc(OC)cc2)cc1. The van der Waals surface area contributed by atoms with Gasteiger partial charge in [-0.25, -0.2) is 0 Å². The van der Waals surface area contributed by atoms with E-state index < -0.39 is 6.10 Å². The smallest absolute Gasteiger partial charge is 0.118 e. The summed E-state index contributed by atoms with van der Waals surface area (Å²) >= 11 is 0. The third-order valence-corrected chi connectivity index (χ3v) is 4.27. The topological polar surface area (TPSA) is 38.7 Å². The lowest BCUT2D eigenvalue weighted by molar-refractivity contribution is 0.229. The first-order valence-corrected chi connectivity index (χ1v) is 8.45. The second kappa shape index (κ2) is 8.37. The van der Waals surface area contributed by atoms with Gasteiger partial charge in [0, 0.05) is 0 Å². The lowest BCUT2D eigenvalue weighted by Crippen LogP contribution is -1.97. The van der Waals surface area contributed by atoms with Gasteiger partial charge in [0.25, 0.3) is 0 Å². The predicted octanol–water partition coefficient (Wildman–Crippen LogP) is 4.87. The van der Waals surface area contributed by atoms with E-state index in [-0.39, 0.29) is 0 Å². The average molecular weight is 346 g/mol. The van der Waals surface area contributed by atoms with Crippen LogP contribution in [0.4, 0.5) is 0 Å². The Balaban J connectivity index is 2.03. The normalized spacial score (nSPS) is 11.5. The zero-order valence-corrected chi connectivity index (χ0v) is 14.9. The summed E-state index contributed by atoms with van der Waals surface area (Å²) in [6.45, 7) is 0. The van der Waals surface area contributed by atoms with Crippen LogP contribution in [0.25, 0.3) is 5.57 Å². The van der Waals surface area contributed by atoms with Gasteiger partial charge in [-0.2, -0.15) is 0 Å². The summed E-state index contributed by atoms with van der Waals surface area (Å²) in [5, 5.41) is 10.7. The van der Waals surface area contributed by atoms with Gasteiger partial charge in [-0.05, 0) is 52.6 Å². The molecule has 3 nitrogen and oxygen atoms in total. The third-order valence-electron chi connectivity index (χ3n) is 4.27. The van der Waals surface area contributed by atoms with Crippen LogP contribution in [0.15, 0.2) is 84.9 Å². The van der Waals surface area contributed by atoms with Gasteiger partial charge in [0.05, 0.1) is 20.3 Å². The highest BCUT2D eigenvalue weighted by Gasteiger charge is 2.11. The maximum Gasteiger partial charge on any atom is 0.118 e. The average Bonchev–Trinajstić information content (AvgIpc) is 2.73. The molecule has 1 atom stereocenters. The molecule has 26 heavy (non-hydrogen) atoms. The minimum absolute atomic E-state index is 0.699. The molecular formula is C23H22O3. The molecule has 0 aromatic heterocycles. The van der Waals surface area contributed by atoms with Crippen molar-refractivity contribution in [1.29, 1.82) is 0 Å². The zero-order valence-electron chi connectivity index (χ0n) is 14.9. The van der Waals surface area contributed by atoms with Crippen LogP contribution in [-0.2, 0) is 0 Å². The number of methoxy groups -OCH3 is 2. The molecule has 3 heteroatoms. The Morgan fingerprint density at radius 1 is 0.731 bits per heavy atom. The van der Waals surface area contributed by atoms with Crippen LogP contribution in [0.3, 0.4) is 0 Å². The highest BCUT2D eigenvalue weighted by Crippen LogP contribution is 2.30. The van der Waals surface area contributed by atoms with Crippen LogP contribution in [0, 0.1) is 0 Å². The molecule has 1 N–H and O–H groups in total. The van der Waals surface area contributed by atoms with Crippen LogP contribution < -0.4 is 9.47 Å². The molecule has 0 spiro atoms. The Morgan fingerprint density at radius 3 is 1.62 bits per heavy atom. The van der Waals surface area contributed by atoms with E-state index >= 15 is 0 Å². The fraction of sp³-hybridized carbons (Fsp3) is 0.130. The van der Waals surface area contributed by atoms with Crippen molar-refractivity contribution in [1.82, 2.24) is 0 Å². The van der Waals surface area contributed by atoms with Gasteiger partial charge in [0.1, 0.15) is 11.5 Å². The first-order valence-electron chi connectivity index (χ1n) is 8.45. The van der Waals surface area contributed by atoms with E-state index in [0.29, 0.717) is 0 Å². The lowest BCUT2D eigenvalue weighted by atomic mass is 9.94. The summed E-state index contributed by atoms with van der Waals surface area (Å²) in [4.78, 5) is 0. The van der Waals surface area contributed by atoms with Crippen molar-refractivity contribution in [2.24, 2.45) is 0 Å². The maximum atomic E-state index is 10.7. The van der Waals surface area contributed by atoms with Crippen molar-refractivity contribution in [3.05, 3.63) is 102 Å². The molecule has 0 saturated carbocycles. The fourth-order valence-electron chi connectivity index (χ4n) is 2.80. The number of rotatable bonds is 6. The van der Waals surface area contributed by atoms with Gasteiger partial charge >= 0.3 is 0 Å². The molecule has 0 saturated heterocycles. The molecule has 0 amide bonds. The second-order valence-electron chi connectivity index (χ2n) is 5.89. The Kier molecular flexibility index (Phi) is 5.72. The molecule has 0 aliphatic heterocycles. The van der Waals surface area contributed by atoms with E-state index in [1.54, 1.807) is 14.2 Å². The Hall–Kier alpha value is -3.04. The van der Waals surface area contributed by atoms with Crippen molar-refractivity contribution >= 4 is 5.57 Å². The highest BCUT2D eigenvalue weighted by atomic mass is 16.5. The van der Waals surface area contributed by atoms with Crippen molar-refractivity contribution in [2.75, 3.05) is 14.2 Å². The van der Waals surface area contributed by atoms with E-state index in [0.717, 1.165) is 33.8 Å². The number of aliphatic hydroxyl groups excluding tert-OH is 1. The van der Waals surface area contributed by atoms with Crippen LogP contribution >= 0.6 is 0 Å². The Bertz CT molecular complexity index is 801. The number of ether oxygens (including phenoxy) is 2. The van der Waals surface area contributed by atoms with E-state index in [1.807, 2.05) is 84.9 Å². The Morgan fingerprint density at radius 2 is 1.19 bits per heavy atom. The molecule has 0 bridgehead atoms. The molecule has 0 aliphatic rings. The van der Waals surface area contributed by atoms with Gasteiger partial charge in [-0.15, -0.1) is 0 Å². The molecule has 0 radical (unpaired) electrons. The number of benzene rings is 3. The molecule has 0 aliphatic carbocycles. The van der Waals surface area contributed by atoms with Gasteiger partial charge in [0.15, 0.2) is 0 Å². The lowest BCUT2D eigenvalue weighted by Gasteiger charge is -2.14. The summed E-state index contributed by atoms with van der Waals surface area (Å²) < 4.78 is 10.5. The molecule has 3 aromatic rings. The van der Waals surface area contributed by atoms with E-state index in [2.05, 4.69) is 0 Å². The van der Waals surface area contributed by atoms with Gasteiger partial charge in [0.2, 0.25) is 0 Å². The number of hydrogen-bond donors (Lipinski definition) is 1. The van der Waals surface area contributed by atoms with Crippen molar-refractivity contribution in [3.63, 3.8) is 0 Å². The summed E-state index contributed by atoms with van der Waals surface area (Å²) in [7, 11) is 3.29. The largest absolute Gasteiger partial charge is 0.497 e. The summed E-state index contributed by atoms with van der Waals surface area (Å²) in [5.74, 6) is 1.60. The summed E-state index contributed by atoms with van der Waals surface area (Å²) in [6.07, 6.45) is 1.18. The predicted molar refractivity (Wildman–Crippen MR) is 104 cm³/mol. The molecule has 1 unspecified atom stereocenters.